The summed E-state index contributed by atoms with van der Waals surface area (Å²) in [4.78, 5) is 14.4. The molecule has 3 aromatic rings. The monoisotopic (exact) mass is 383 g/mol. The maximum atomic E-state index is 12.7. The quantitative estimate of drug-likeness (QED) is 0.664. The lowest BCUT2D eigenvalue weighted by atomic mass is 10.1. The van der Waals surface area contributed by atoms with Crippen molar-refractivity contribution >= 4 is 21.4 Å². The minimum absolute atomic E-state index is 0.106. The fraction of sp³-hybridized carbons (Fsp3) is 0.190. The number of aryl methyl sites for hydroxylation is 2. The molecule has 27 heavy (non-hydrogen) atoms. The molecule has 0 atom stereocenters. The van der Waals surface area contributed by atoms with E-state index in [1.54, 1.807) is 25.2 Å². The summed E-state index contributed by atoms with van der Waals surface area (Å²) < 4.78 is 30.4. The van der Waals surface area contributed by atoms with Crippen LogP contribution in [0.1, 0.15) is 27.4 Å². The molecule has 0 aliphatic rings. The number of hydrogen-bond donors (Lipinski definition) is 0. The number of furan rings is 1. The molecular formula is C21H21NO4S. The van der Waals surface area contributed by atoms with E-state index in [2.05, 4.69) is 0 Å². The molecule has 0 saturated heterocycles. The second-order valence-corrected chi connectivity index (χ2v) is 8.54. The normalized spacial score (nSPS) is 11.4. The summed E-state index contributed by atoms with van der Waals surface area (Å²) in [7, 11) is -1.86. The summed E-state index contributed by atoms with van der Waals surface area (Å²) in [5.74, 6) is -0.285. The van der Waals surface area contributed by atoms with Crippen LogP contribution < -0.4 is 4.90 Å². The van der Waals surface area contributed by atoms with Crippen molar-refractivity contribution < 1.29 is 17.6 Å². The highest BCUT2D eigenvalue weighted by Crippen LogP contribution is 2.22. The van der Waals surface area contributed by atoms with E-state index >= 15 is 0 Å². The number of carbonyl (C=O) groups excluding carboxylic acids is 1. The second-order valence-electron chi connectivity index (χ2n) is 6.55. The third-order valence-electron chi connectivity index (χ3n) is 4.21. The molecule has 0 spiro atoms. The van der Waals surface area contributed by atoms with Crippen molar-refractivity contribution in [3.8, 4) is 0 Å². The van der Waals surface area contributed by atoms with E-state index in [1.165, 1.54) is 29.2 Å². The average Bonchev–Trinajstić information content (AvgIpc) is 3.08. The first-order valence-corrected chi connectivity index (χ1v) is 10.1. The maximum Gasteiger partial charge on any atom is 0.293 e. The van der Waals surface area contributed by atoms with Gasteiger partial charge in [-0.25, -0.2) is 8.42 Å². The number of benzene rings is 2. The average molecular weight is 383 g/mol. The predicted molar refractivity (Wildman–Crippen MR) is 105 cm³/mol. The van der Waals surface area contributed by atoms with Crippen molar-refractivity contribution in [2.45, 2.75) is 24.5 Å². The predicted octanol–water partition coefficient (Wildman–Crippen LogP) is 4.15. The van der Waals surface area contributed by atoms with Gasteiger partial charge in [-0.15, -0.1) is 0 Å². The first-order chi connectivity index (χ1) is 12.8. The van der Waals surface area contributed by atoms with Crippen molar-refractivity contribution in [1.29, 1.82) is 0 Å². The fourth-order valence-electron chi connectivity index (χ4n) is 2.90. The summed E-state index contributed by atoms with van der Waals surface area (Å²) in [5, 5.41) is 0. The van der Waals surface area contributed by atoms with E-state index < -0.39 is 9.84 Å². The van der Waals surface area contributed by atoms with E-state index in [4.69, 9.17) is 4.42 Å². The van der Waals surface area contributed by atoms with Gasteiger partial charge in [0, 0.05) is 12.7 Å². The number of hydrogen-bond acceptors (Lipinski definition) is 4. The molecule has 0 fully saturated rings. The van der Waals surface area contributed by atoms with Crippen molar-refractivity contribution in [2.75, 3.05) is 11.9 Å². The molecule has 140 valence electrons. The van der Waals surface area contributed by atoms with E-state index in [0.29, 0.717) is 0 Å². The van der Waals surface area contributed by atoms with Crippen LogP contribution in [0.4, 0.5) is 5.69 Å². The number of carbonyl (C=O) groups is 1. The Labute approximate surface area is 159 Å². The Morgan fingerprint density at radius 1 is 0.963 bits per heavy atom. The second kappa shape index (κ2) is 7.40. The van der Waals surface area contributed by atoms with Gasteiger partial charge in [0.2, 0.25) is 0 Å². The summed E-state index contributed by atoms with van der Waals surface area (Å²) in [6.45, 7) is 3.93. The Bertz CT molecular complexity index is 1050. The minimum Gasteiger partial charge on any atom is -0.455 e. The zero-order valence-electron chi connectivity index (χ0n) is 15.5. The van der Waals surface area contributed by atoms with Gasteiger partial charge >= 0.3 is 0 Å². The highest BCUT2D eigenvalue weighted by atomic mass is 32.2. The topological polar surface area (TPSA) is 67.6 Å². The van der Waals surface area contributed by atoms with Gasteiger partial charge in [-0.1, -0.05) is 24.3 Å². The number of amides is 1. The summed E-state index contributed by atoms with van der Waals surface area (Å²) in [5.41, 5.74) is 2.87. The standard InChI is InChI=1S/C21H21NO4S/c1-15-11-16(2)13-17(12-15)22(3)21(23)20-10-9-18(26-20)14-27(24,25)19-7-5-4-6-8-19/h4-13H,14H2,1-3H3. The molecule has 5 nitrogen and oxygen atoms in total. The first-order valence-electron chi connectivity index (χ1n) is 8.49. The molecule has 1 amide bonds. The van der Waals surface area contributed by atoms with E-state index in [-0.39, 0.29) is 28.1 Å². The van der Waals surface area contributed by atoms with Gasteiger partial charge in [0.15, 0.2) is 15.6 Å². The highest BCUT2D eigenvalue weighted by molar-refractivity contribution is 7.90. The minimum atomic E-state index is -3.53. The molecule has 3 rings (SSSR count). The van der Waals surface area contributed by atoms with Gasteiger partial charge in [0.25, 0.3) is 5.91 Å². The van der Waals surface area contributed by atoms with Gasteiger partial charge in [0.05, 0.1) is 4.90 Å². The molecule has 0 unspecified atom stereocenters. The first kappa shape index (κ1) is 18.9. The van der Waals surface area contributed by atoms with Crippen LogP contribution in [0.25, 0.3) is 0 Å². The van der Waals surface area contributed by atoms with Crippen LogP contribution in [-0.4, -0.2) is 21.4 Å². The Morgan fingerprint density at radius 3 is 2.22 bits per heavy atom. The SMILES string of the molecule is Cc1cc(C)cc(N(C)C(=O)c2ccc(CS(=O)(=O)c3ccccc3)o2)c1. The van der Waals surface area contributed by atoms with Gasteiger partial charge in [-0.2, -0.15) is 0 Å². The number of anilines is 1. The molecule has 0 saturated carbocycles. The van der Waals surface area contributed by atoms with Crippen molar-refractivity contribution in [3.63, 3.8) is 0 Å². The van der Waals surface area contributed by atoms with Crippen LogP contribution in [-0.2, 0) is 15.6 Å². The van der Waals surface area contributed by atoms with Gasteiger partial charge in [0.1, 0.15) is 11.5 Å². The fourth-order valence-corrected chi connectivity index (χ4v) is 4.16. The lowest BCUT2D eigenvalue weighted by molar-refractivity contribution is 0.0965. The third kappa shape index (κ3) is 4.28. The smallest absolute Gasteiger partial charge is 0.293 e. The van der Waals surface area contributed by atoms with Crippen LogP contribution in [0.3, 0.4) is 0 Å². The van der Waals surface area contributed by atoms with Crippen LogP contribution in [0.15, 0.2) is 70.0 Å². The lowest BCUT2D eigenvalue weighted by Crippen LogP contribution is -2.25. The molecule has 0 N–H and O–H groups in total. The maximum absolute atomic E-state index is 12.7. The summed E-state index contributed by atoms with van der Waals surface area (Å²) in [6, 6.07) is 17.1. The van der Waals surface area contributed by atoms with Crippen LogP contribution in [0.5, 0.6) is 0 Å². The van der Waals surface area contributed by atoms with Crippen LogP contribution >= 0.6 is 0 Å². The third-order valence-corrected chi connectivity index (χ3v) is 5.86. The molecule has 1 heterocycles. The number of nitrogens with zero attached hydrogens (tertiary/aromatic N) is 1. The molecule has 6 heteroatoms. The summed E-state index contributed by atoms with van der Waals surface area (Å²) >= 11 is 0. The van der Waals surface area contributed by atoms with Crippen molar-refractivity contribution in [3.05, 3.63) is 83.3 Å². The van der Waals surface area contributed by atoms with Crippen LogP contribution in [0, 0.1) is 13.8 Å². The van der Waals surface area contributed by atoms with E-state index in [1.807, 2.05) is 32.0 Å². The van der Waals surface area contributed by atoms with E-state index in [0.717, 1.165) is 16.8 Å². The van der Waals surface area contributed by atoms with Gasteiger partial charge in [-0.3, -0.25) is 4.79 Å². The zero-order valence-corrected chi connectivity index (χ0v) is 16.3. The number of rotatable bonds is 5. The molecule has 0 radical (unpaired) electrons. The summed E-state index contributed by atoms with van der Waals surface area (Å²) in [6.07, 6.45) is 0. The Morgan fingerprint density at radius 2 is 1.59 bits per heavy atom. The van der Waals surface area contributed by atoms with E-state index in [9.17, 15) is 13.2 Å². The van der Waals surface area contributed by atoms with Gasteiger partial charge in [-0.05, 0) is 61.4 Å². The van der Waals surface area contributed by atoms with Gasteiger partial charge < -0.3 is 9.32 Å². The number of sulfone groups is 1. The molecular weight excluding hydrogens is 362 g/mol. The van der Waals surface area contributed by atoms with Crippen molar-refractivity contribution in [2.24, 2.45) is 0 Å². The Kier molecular flexibility index (Phi) is 5.19. The highest BCUT2D eigenvalue weighted by Gasteiger charge is 2.21. The Balaban J connectivity index is 1.80. The molecule has 0 bridgehead atoms. The molecule has 0 aliphatic heterocycles. The lowest BCUT2D eigenvalue weighted by Gasteiger charge is -2.17. The molecule has 2 aromatic carbocycles. The van der Waals surface area contributed by atoms with Crippen molar-refractivity contribution in [1.82, 2.24) is 0 Å². The molecule has 0 aliphatic carbocycles. The molecule has 1 aromatic heterocycles. The zero-order chi connectivity index (χ0) is 19.6. The largest absolute Gasteiger partial charge is 0.455 e. The Hall–Kier alpha value is -2.86. The van der Waals surface area contributed by atoms with Crippen LogP contribution in [0.2, 0.25) is 0 Å².